The molecule has 4 bridgehead atoms. The summed E-state index contributed by atoms with van der Waals surface area (Å²) in [7, 11) is 0. The normalized spacial score (nSPS) is 23.7. The molecule has 1 aromatic carbocycles. The summed E-state index contributed by atoms with van der Waals surface area (Å²) in [5.41, 5.74) is 3.58. The first-order chi connectivity index (χ1) is 21.4. The number of esters is 1. The zero-order valence-electron chi connectivity index (χ0n) is 24.7. The lowest BCUT2D eigenvalue weighted by atomic mass is 9.49. The topological polar surface area (TPSA) is 120 Å². The molecule has 0 spiro atoms. The standard InChI is InChI=1S/C32H34N8O2S2/c1-3-42-29(41)27-28(22-16-33-40(18(22)2)17-32-13-19-10-20(14-32)12-21(11-19)15-32)44-31(37-27)36-26-9-8-25(38-39-26)35-30-34-23-6-4-5-7-24(23)43-30/h4-9,16,19-21H,3,10-15,17H2,1-2H3,(H,34,35,38)(H,36,37,39). The van der Waals surface area contributed by atoms with E-state index in [0.29, 0.717) is 27.9 Å². The SMILES string of the molecule is CCOC(=O)c1nc(Nc2ccc(Nc3nc4ccccc4s3)nn2)sc1-c1cnn(CC23CC4CC(CC(C4)C2)C3)c1C. The molecule has 4 aliphatic rings. The van der Waals surface area contributed by atoms with Crippen LogP contribution < -0.4 is 10.6 Å². The van der Waals surface area contributed by atoms with E-state index in [1.807, 2.05) is 42.6 Å². The zero-order chi connectivity index (χ0) is 29.8. The molecule has 4 fully saturated rings. The molecule has 226 valence electrons. The molecule has 9 rings (SSSR count). The number of aromatic nitrogens is 6. The van der Waals surface area contributed by atoms with Crippen molar-refractivity contribution < 1.29 is 9.53 Å². The highest BCUT2D eigenvalue weighted by Gasteiger charge is 2.51. The van der Waals surface area contributed by atoms with Crippen molar-refractivity contribution in [1.82, 2.24) is 29.9 Å². The first-order valence-corrected chi connectivity index (χ1v) is 17.0. The van der Waals surface area contributed by atoms with Crippen molar-refractivity contribution in [2.24, 2.45) is 23.2 Å². The second-order valence-corrected chi connectivity index (χ2v) is 14.7. The highest BCUT2D eigenvalue weighted by Crippen LogP contribution is 2.60. The van der Waals surface area contributed by atoms with Gasteiger partial charge in [0.2, 0.25) is 0 Å². The monoisotopic (exact) mass is 626 g/mol. The van der Waals surface area contributed by atoms with E-state index < -0.39 is 5.97 Å². The van der Waals surface area contributed by atoms with Crippen LogP contribution in [-0.4, -0.2) is 42.5 Å². The number of ether oxygens (including phenoxy) is 1. The molecule has 5 aromatic rings. The van der Waals surface area contributed by atoms with Gasteiger partial charge in [0.15, 0.2) is 27.6 Å². The van der Waals surface area contributed by atoms with Crippen LogP contribution in [0.2, 0.25) is 0 Å². The van der Waals surface area contributed by atoms with E-state index in [-0.39, 0.29) is 6.61 Å². The van der Waals surface area contributed by atoms with Crippen LogP contribution >= 0.6 is 22.7 Å². The zero-order valence-corrected chi connectivity index (χ0v) is 26.4. The number of anilines is 4. The van der Waals surface area contributed by atoms with Crippen molar-refractivity contribution in [1.29, 1.82) is 0 Å². The highest BCUT2D eigenvalue weighted by molar-refractivity contribution is 7.22. The molecular weight excluding hydrogens is 593 g/mol. The van der Waals surface area contributed by atoms with E-state index in [1.165, 1.54) is 49.9 Å². The molecule has 10 nitrogen and oxygen atoms in total. The lowest BCUT2D eigenvalue weighted by Crippen LogP contribution is -2.48. The average molecular weight is 627 g/mol. The van der Waals surface area contributed by atoms with Crippen molar-refractivity contribution >= 4 is 60.8 Å². The van der Waals surface area contributed by atoms with E-state index in [1.54, 1.807) is 18.3 Å². The fourth-order valence-corrected chi connectivity index (χ4v) is 10.0. The average Bonchev–Trinajstić information content (AvgIpc) is 3.70. The van der Waals surface area contributed by atoms with Crippen LogP contribution in [0.15, 0.2) is 42.6 Å². The Bertz CT molecular complexity index is 1770. The molecule has 4 aromatic heterocycles. The van der Waals surface area contributed by atoms with E-state index in [0.717, 1.165) is 55.8 Å². The number of carbonyl (C=O) groups excluding carboxylic acids is 1. The third-order valence-corrected chi connectivity index (χ3v) is 11.5. The first kappa shape index (κ1) is 27.6. The first-order valence-electron chi connectivity index (χ1n) is 15.4. The van der Waals surface area contributed by atoms with Gasteiger partial charge in [-0.05, 0) is 99.8 Å². The maximum atomic E-state index is 13.0. The number of hydrogen-bond donors (Lipinski definition) is 2. The Morgan fingerprint density at radius 2 is 1.61 bits per heavy atom. The molecule has 0 aliphatic heterocycles. The van der Waals surface area contributed by atoms with Crippen LogP contribution in [0.25, 0.3) is 20.7 Å². The van der Waals surface area contributed by atoms with Gasteiger partial charge < -0.3 is 15.4 Å². The smallest absolute Gasteiger partial charge is 0.358 e. The van der Waals surface area contributed by atoms with Crippen molar-refractivity contribution in [2.75, 3.05) is 17.2 Å². The predicted octanol–water partition coefficient (Wildman–Crippen LogP) is 7.60. The minimum Gasteiger partial charge on any atom is -0.461 e. The predicted molar refractivity (Wildman–Crippen MR) is 173 cm³/mol. The summed E-state index contributed by atoms with van der Waals surface area (Å²) in [6.45, 7) is 5.13. The number of nitrogens with one attached hydrogen (secondary N) is 2. The Labute approximate surface area is 263 Å². The fraction of sp³-hybridized carbons (Fsp3) is 0.438. The van der Waals surface area contributed by atoms with Crippen LogP contribution in [-0.2, 0) is 11.3 Å². The Balaban J connectivity index is 1.02. The summed E-state index contributed by atoms with van der Waals surface area (Å²) in [6.07, 6.45) is 10.1. The Hall–Kier alpha value is -3.90. The second kappa shape index (κ2) is 10.9. The molecule has 2 N–H and O–H groups in total. The van der Waals surface area contributed by atoms with Crippen molar-refractivity contribution in [2.45, 2.75) is 58.9 Å². The molecule has 0 unspecified atom stereocenters. The second-order valence-electron chi connectivity index (χ2n) is 12.7. The van der Waals surface area contributed by atoms with Gasteiger partial charge in [0.25, 0.3) is 0 Å². The van der Waals surface area contributed by atoms with Crippen LogP contribution in [0.5, 0.6) is 0 Å². The number of para-hydroxylation sites is 1. The molecule has 12 heteroatoms. The van der Waals surface area contributed by atoms with Crippen LogP contribution in [0.3, 0.4) is 0 Å². The van der Waals surface area contributed by atoms with Gasteiger partial charge in [0, 0.05) is 17.8 Å². The number of thiazole rings is 2. The Kier molecular flexibility index (Phi) is 6.86. The quantitative estimate of drug-likeness (QED) is 0.159. The molecule has 4 saturated carbocycles. The number of carbonyl (C=O) groups is 1. The summed E-state index contributed by atoms with van der Waals surface area (Å²) < 4.78 is 8.67. The third kappa shape index (κ3) is 5.13. The van der Waals surface area contributed by atoms with E-state index >= 15 is 0 Å². The summed E-state index contributed by atoms with van der Waals surface area (Å²) in [5.74, 6) is 3.34. The summed E-state index contributed by atoms with van der Waals surface area (Å²) in [4.78, 5) is 23.0. The summed E-state index contributed by atoms with van der Waals surface area (Å²) >= 11 is 2.96. The van der Waals surface area contributed by atoms with Crippen molar-refractivity contribution in [3.63, 3.8) is 0 Å². The number of fused-ring (bicyclic) bond motifs is 1. The summed E-state index contributed by atoms with van der Waals surface area (Å²) in [6, 6.07) is 11.7. The van der Waals surface area contributed by atoms with Gasteiger partial charge in [-0.15, -0.1) is 10.2 Å². The molecule has 4 aliphatic carbocycles. The Morgan fingerprint density at radius 1 is 0.955 bits per heavy atom. The third-order valence-electron chi connectivity index (χ3n) is 9.52. The van der Waals surface area contributed by atoms with Crippen molar-refractivity contribution in [3.05, 3.63) is 54.0 Å². The fourth-order valence-electron chi connectivity index (χ4n) is 8.13. The van der Waals surface area contributed by atoms with E-state index in [2.05, 4.69) is 42.4 Å². The molecule has 44 heavy (non-hydrogen) atoms. The maximum Gasteiger partial charge on any atom is 0.358 e. The van der Waals surface area contributed by atoms with Gasteiger partial charge in [0.05, 0.1) is 27.9 Å². The minimum atomic E-state index is -0.443. The van der Waals surface area contributed by atoms with Gasteiger partial charge in [-0.3, -0.25) is 4.68 Å². The largest absolute Gasteiger partial charge is 0.461 e. The van der Waals surface area contributed by atoms with Gasteiger partial charge >= 0.3 is 5.97 Å². The van der Waals surface area contributed by atoms with E-state index in [4.69, 9.17) is 9.84 Å². The van der Waals surface area contributed by atoms with Gasteiger partial charge in [-0.1, -0.05) is 34.8 Å². The lowest BCUT2D eigenvalue weighted by molar-refractivity contribution is -0.0638. The van der Waals surface area contributed by atoms with Gasteiger partial charge in [0.1, 0.15) is 0 Å². The summed E-state index contributed by atoms with van der Waals surface area (Å²) in [5, 5.41) is 21.2. The molecular formula is C32H34N8O2S2. The van der Waals surface area contributed by atoms with Gasteiger partial charge in [-0.25, -0.2) is 14.8 Å². The van der Waals surface area contributed by atoms with Gasteiger partial charge in [-0.2, -0.15) is 5.10 Å². The minimum absolute atomic E-state index is 0.275. The molecule has 4 heterocycles. The molecule has 0 saturated heterocycles. The van der Waals surface area contributed by atoms with Crippen molar-refractivity contribution in [3.8, 4) is 10.4 Å². The number of benzene rings is 1. The maximum absolute atomic E-state index is 13.0. The van der Waals surface area contributed by atoms with Crippen LogP contribution in [0.4, 0.5) is 21.9 Å². The highest BCUT2D eigenvalue weighted by atomic mass is 32.1. The molecule has 0 radical (unpaired) electrons. The Morgan fingerprint density at radius 3 is 2.25 bits per heavy atom. The van der Waals surface area contributed by atoms with Crippen LogP contribution in [0, 0.1) is 30.1 Å². The molecule has 0 amide bonds. The van der Waals surface area contributed by atoms with E-state index in [9.17, 15) is 4.79 Å². The number of rotatable bonds is 9. The van der Waals surface area contributed by atoms with Crippen LogP contribution in [0.1, 0.15) is 61.6 Å². The lowest BCUT2D eigenvalue weighted by Gasteiger charge is -2.56. The number of nitrogens with zero attached hydrogens (tertiary/aromatic N) is 6. The number of hydrogen-bond acceptors (Lipinski definition) is 11. The molecule has 0 atom stereocenters.